The Hall–Kier alpha value is -1.10. The van der Waals surface area contributed by atoms with Crippen molar-refractivity contribution in [2.45, 2.75) is 44.4 Å². The van der Waals surface area contributed by atoms with Crippen LogP contribution in [0.4, 0.5) is 17.6 Å². The molecule has 1 aromatic carbocycles. The molecule has 0 bridgehead atoms. The fourth-order valence-corrected chi connectivity index (χ4v) is 2.77. The highest BCUT2D eigenvalue weighted by atomic mass is 19.4. The molecule has 1 aliphatic carbocycles. The maximum atomic E-state index is 13.8. The molecule has 0 aliphatic heterocycles. The van der Waals surface area contributed by atoms with Crippen molar-refractivity contribution in [3.63, 3.8) is 0 Å². The van der Waals surface area contributed by atoms with Gasteiger partial charge in [-0.3, -0.25) is 0 Å². The van der Waals surface area contributed by atoms with Crippen molar-refractivity contribution in [3.8, 4) is 0 Å². The van der Waals surface area contributed by atoms with Gasteiger partial charge in [0, 0.05) is 5.56 Å². The monoisotopic (exact) mass is 276 g/mol. The zero-order valence-corrected chi connectivity index (χ0v) is 10.6. The van der Waals surface area contributed by atoms with Gasteiger partial charge < -0.3 is 5.11 Å². The van der Waals surface area contributed by atoms with E-state index in [1.54, 1.807) is 6.92 Å². The Labute approximate surface area is 109 Å². The third kappa shape index (κ3) is 2.91. The predicted molar refractivity (Wildman–Crippen MR) is 63.0 cm³/mol. The molecule has 0 heterocycles. The number of halogens is 4. The molecule has 1 aromatic rings. The van der Waals surface area contributed by atoms with E-state index < -0.39 is 29.9 Å². The number of hydrogen-bond acceptors (Lipinski definition) is 1. The van der Waals surface area contributed by atoms with Crippen LogP contribution >= 0.6 is 0 Å². The van der Waals surface area contributed by atoms with Crippen LogP contribution in [0.3, 0.4) is 0 Å². The fourth-order valence-electron chi connectivity index (χ4n) is 2.77. The van der Waals surface area contributed by atoms with Crippen LogP contribution in [-0.2, 0) is 5.60 Å². The fraction of sp³-hybridized carbons (Fsp3) is 0.571. The standard InChI is InChI=1S/C14H16F4O/c1-9-4-5-12(15)11(7-9)13(19)6-2-3-10(8-13)14(16,17)18/h4-5,7,10,19H,2-3,6,8H2,1H3. The zero-order valence-electron chi connectivity index (χ0n) is 10.6. The van der Waals surface area contributed by atoms with Crippen molar-refractivity contribution in [2.24, 2.45) is 5.92 Å². The topological polar surface area (TPSA) is 20.2 Å². The van der Waals surface area contributed by atoms with E-state index in [0.29, 0.717) is 0 Å². The summed E-state index contributed by atoms with van der Waals surface area (Å²) in [5.41, 5.74) is -1.01. The summed E-state index contributed by atoms with van der Waals surface area (Å²) in [6, 6.07) is 4.17. The van der Waals surface area contributed by atoms with Gasteiger partial charge in [-0.05, 0) is 38.7 Å². The van der Waals surface area contributed by atoms with E-state index in [1.807, 2.05) is 0 Å². The lowest BCUT2D eigenvalue weighted by molar-refractivity contribution is -0.202. The molecule has 2 unspecified atom stereocenters. The predicted octanol–water partition coefficient (Wildman–Crippen LogP) is 4.07. The van der Waals surface area contributed by atoms with Gasteiger partial charge in [-0.2, -0.15) is 13.2 Å². The Morgan fingerprint density at radius 1 is 1.32 bits per heavy atom. The maximum Gasteiger partial charge on any atom is 0.391 e. The molecule has 5 heteroatoms. The zero-order chi connectivity index (χ0) is 14.3. The van der Waals surface area contributed by atoms with Crippen molar-refractivity contribution in [2.75, 3.05) is 0 Å². The Bertz CT molecular complexity index is 469. The molecule has 1 fully saturated rings. The van der Waals surface area contributed by atoms with Gasteiger partial charge in [0.15, 0.2) is 0 Å². The summed E-state index contributed by atoms with van der Waals surface area (Å²) in [5, 5.41) is 10.4. The summed E-state index contributed by atoms with van der Waals surface area (Å²) < 4.78 is 52.1. The largest absolute Gasteiger partial charge is 0.391 e. The Kier molecular flexibility index (Phi) is 3.60. The van der Waals surface area contributed by atoms with Gasteiger partial charge in [0.05, 0.1) is 11.5 Å². The van der Waals surface area contributed by atoms with Crippen LogP contribution in [0.1, 0.15) is 36.8 Å². The number of aryl methyl sites for hydroxylation is 1. The molecule has 2 atom stereocenters. The highest BCUT2D eigenvalue weighted by Gasteiger charge is 2.48. The van der Waals surface area contributed by atoms with Crippen molar-refractivity contribution in [1.29, 1.82) is 0 Å². The second-order valence-corrected chi connectivity index (χ2v) is 5.35. The highest BCUT2D eigenvalue weighted by molar-refractivity contribution is 5.29. The van der Waals surface area contributed by atoms with Crippen LogP contribution in [0.2, 0.25) is 0 Å². The van der Waals surface area contributed by atoms with E-state index in [1.165, 1.54) is 18.2 Å². The van der Waals surface area contributed by atoms with E-state index in [0.717, 1.165) is 5.56 Å². The van der Waals surface area contributed by atoms with E-state index in [9.17, 15) is 22.7 Å². The third-order valence-electron chi connectivity index (χ3n) is 3.81. The molecule has 0 saturated heterocycles. The van der Waals surface area contributed by atoms with Gasteiger partial charge in [0.2, 0.25) is 0 Å². The summed E-state index contributed by atoms with van der Waals surface area (Å²) in [7, 11) is 0. The molecule has 0 aromatic heterocycles. The smallest absolute Gasteiger partial charge is 0.385 e. The van der Waals surface area contributed by atoms with Gasteiger partial charge in [-0.15, -0.1) is 0 Å². The van der Waals surface area contributed by atoms with Gasteiger partial charge >= 0.3 is 6.18 Å². The van der Waals surface area contributed by atoms with E-state index >= 15 is 0 Å². The minimum atomic E-state index is -4.34. The number of hydrogen-bond donors (Lipinski definition) is 1. The second-order valence-electron chi connectivity index (χ2n) is 5.35. The van der Waals surface area contributed by atoms with E-state index in [2.05, 4.69) is 0 Å². The van der Waals surface area contributed by atoms with Crippen LogP contribution < -0.4 is 0 Å². The number of rotatable bonds is 1. The van der Waals surface area contributed by atoms with Crippen molar-refractivity contribution >= 4 is 0 Å². The number of aliphatic hydroxyl groups is 1. The highest BCUT2D eigenvalue weighted by Crippen LogP contribution is 2.46. The van der Waals surface area contributed by atoms with E-state index in [-0.39, 0.29) is 24.8 Å². The molecule has 1 nitrogen and oxygen atoms in total. The normalized spacial score (nSPS) is 28.4. The molecular formula is C14H16F4O. The molecule has 1 aliphatic rings. The molecule has 1 saturated carbocycles. The first-order valence-electron chi connectivity index (χ1n) is 6.28. The van der Waals surface area contributed by atoms with Crippen LogP contribution in [0, 0.1) is 18.7 Å². The summed E-state index contributed by atoms with van der Waals surface area (Å²) >= 11 is 0. The lowest BCUT2D eigenvalue weighted by Crippen LogP contribution is -2.39. The Balaban J connectivity index is 2.34. The SMILES string of the molecule is Cc1ccc(F)c(C2(O)CCCC(C(F)(F)F)C2)c1. The van der Waals surface area contributed by atoms with Crippen LogP contribution in [0.5, 0.6) is 0 Å². The minimum Gasteiger partial charge on any atom is -0.385 e. The minimum absolute atomic E-state index is 0.000749. The summed E-state index contributed by atoms with van der Waals surface area (Å²) in [6.07, 6.45) is -4.39. The van der Waals surface area contributed by atoms with Crippen LogP contribution in [0.25, 0.3) is 0 Å². The average molecular weight is 276 g/mol. The molecule has 106 valence electrons. The van der Waals surface area contributed by atoms with Gasteiger partial charge in [-0.1, -0.05) is 17.7 Å². The molecule has 1 N–H and O–H groups in total. The second kappa shape index (κ2) is 4.78. The van der Waals surface area contributed by atoms with Crippen molar-refractivity contribution < 1.29 is 22.7 Å². The first-order valence-corrected chi connectivity index (χ1v) is 6.28. The number of benzene rings is 1. The van der Waals surface area contributed by atoms with Crippen molar-refractivity contribution in [3.05, 3.63) is 35.1 Å². The summed E-state index contributed by atoms with van der Waals surface area (Å²) in [5.74, 6) is -2.21. The molecular weight excluding hydrogens is 260 g/mol. The van der Waals surface area contributed by atoms with Crippen LogP contribution in [-0.4, -0.2) is 11.3 Å². The lowest BCUT2D eigenvalue weighted by Gasteiger charge is -2.38. The van der Waals surface area contributed by atoms with Crippen molar-refractivity contribution in [1.82, 2.24) is 0 Å². The first-order chi connectivity index (χ1) is 8.72. The summed E-state index contributed by atoms with van der Waals surface area (Å²) in [4.78, 5) is 0. The summed E-state index contributed by atoms with van der Waals surface area (Å²) in [6.45, 7) is 1.72. The van der Waals surface area contributed by atoms with Gasteiger partial charge in [0.25, 0.3) is 0 Å². The average Bonchev–Trinajstić information content (AvgIpc) is 2.31. The Morgan fingerprint density at radius 2 is 2.00 bits per heavy atom. The third-order valence-corrected chi connectivity index (χ3v) is 3.81. The molecule has 19 heavy (non-hydrogen) atoms. The Morgan fingerprint density at radius 3 is 2.63 bits per heavy atom. The molecule has 0 spiro atoms. The van der Waals surface area contributed by atoms with E-state index in [4.69, 9.17) is 0 Å². The quantitative estimate of drug-likeness (QED) is 0.766. The molecule has 2 rings (SSSR count). The molecule has 0 radical (unpaired) electrons. The lowest BCUT2D eigenvalue weighted by atomic mass is 9.74. The number of alkyl halides is 3. The first kappa shape index (κ1) is 14.3. The van der Waals surface area contributed by atoms with Gasteiger partial charge in [0.1, 0.15) is 5.82 Å². The van der Waals surface area contributed by atoms with Crippen LogP contribution in [0.15, 0.2) is 18.2 Å². The van der Waals surface area contributed by atoms with Gasteiger partial charge in [-0.25, -0.2) is 4.39 Å². The molecule has 0 amide bonds. The maximum absolute atomic E-state index is 13.8.